The molecule has 0 unspecified atom stereocenters. The molecule has 0 saturated heterocycles. The molecule has 1 N–H and O–H groups in total. The number of carbonyl (C=O) groups is 2. The molecule has 10 nitrogen and oxygen atoms in total. The van der Waals surface area contributed by atoms with Crippen LogP contribution in [0.2, 0.25) is 6.04 Å². The summed E-state index contributed by atoms with van der Waals surface area (Å²) in [7, 11) is 0.255. The van der Waals surface area contributed by atoms with Crippen LogP contribution in [0.25, 0.3) is 17.2 Å². The van der Waals surface area contributed by atoms with E-state index in [-0.39, 0.29) is 0 Å². The summed E-state index contributed by atoms with van der Waals surface area (Å²) in [6.45, 7) is 8.88. The number of unbranched alkanes of at least 4 members (excludes halogenated alkanes) is 3. The maximum atomic E-state index is 12.0. The monoisotopic (exact) mass is 631 g/mol. The SMILES string of the molecule is CCO[Si](CCCNC(=O)OCCCCCCOc1ccc(-c2ccc(C=CC(=O)OC)c(OC)c2)cc1)(OCC)OCC. The molecule has 44 heavy (non-hydrogen) atoms. The van der Waals surface area contributed by atoms with Gasteiger partial charge in [0.05, 0.1) is 27.4 Å². The first kappa shape index (κ1) is 36.8. The predicted molar refractivity (Wildman–Crippen MR) is 173 cm³/mol. The van der Waals surface area contributed by atoms with Crippen molar-refractivity contribution < 1.29 is 41.8 Å². The van der Waals surface area contributed by atoms with E-state index >= 15 is 0 Å². The number of hydrogen-bond acceptors (Lipinski definition) is 9. The second-order valence-electron chi connectivity index (χ2n) is 9.75. The van der Waals surface area contributed by atoms with Gasteiger partial charge in [-0.15, -0.1) is 0 Å². The summed E-state index contributed by atoms with van der Waals surface area (Å²) in [5, 5.41) is 2.79. The van der Waals surface area contributed by atoms with Gasteiger partial charge in [-0.3, -0.25) is 0 Å². The average Bonchev–Trinajstić information content (AvgIpc) is 3.03. The Kier molecular flexibility index (Phi) is 17.9. The molecular weight excluding hydrogens is 582 g/mol. The molecule has 0 bridgehead atoms. The molecule has 244 valence electrons. The lowest BCUT2D eigenvalue weighted by atomic mass is 10.0. The van der Waals surface area contributed by atoms with Gasteiger partial charge < -0.3 is 37.5 Å². The third-order valence-electron chi connectivity index (χ3n) is 6.58. The molecule has 11 heteroatoms. The molecule has 0 aliphatic rings. The van der Waals surface area contributed by atoms with Gasteiger partial charge in [-0.05, 0) is 88.3 Å². The zero-order valence-corrected chi connectivity index (χ0v) is 27.9. The molecule has 0 atom stereocenters. The smallest absolute Gasteiger partial charge is 0.496 e. The first-order chi connectivity index (χ1) is 21.4. The molecule has 0 aromatic heterocycles. The van der Waals surface area contributed by atoms with Crippen LogP contribution in [0.15, 0.2) is 48.5 Å². The zero-order valence-electron chi connectivity index (χ0n) is 26.9. The van der Waals surface area contributed by atoms with Crippen LogP contribution in [-0.2, 0) is 27.5 Å². The zero-order chi connectivity index (χ0) is 32.0. The van der Waals surface area contributed by atoms with Crippen LogP contribution in [0.4, 0.5) is 4.79 Å². The van der Waals surface area contributed by atoms with Crippen molar-refractivity contribution in [1.29, 1.82) is 0 Å². The van der Waals surface area contributed by atoms with E-state index in [1.165, 1.54) is 13.2 Å². The first-order valence-electron chi connectivity index (χ1n) is 15.4. The van der Waals surface area contributed by atoms with Gasteiger partial charge in [0.2, 0.25) is 0 Å². The van der Waals surface area contributed by atoms with Gasteiger partial charge in [0.25, 0.3) is 0 Å². The quantitative estimate of drug-likeness (QED) is 0.0661. The van der Waals surface area contributed by atoms with E-state index in [1.807, 2.05) is 63.2 Å². The Morgan fingerprint density at radius 2 is 1.43 bits per heavy atom. The van der Waals surface area contributed by atoms with Crippen molar-refractivity contribution >= 4 is 26.9 Å². The molecule has 2 aromatic carbocycles. The topological polar surface area (TPSA) is 111 Å². The molecule has 2 rings (SSSR count). The van der Waals surface area contributed by atoms with E-state index in [9.17, 15) is 9.59 Å². The number of carbonyl (C=O) groups excluding carboxylic acids is 2. The Bertz CT molecular complexity index is 1120. The molecule has 1 amide bonds. The lowest BCUT2D eigenvalue weighted by molar-refractivity contribution is -0.134. The molecule has 0 spiro atoms. The fraction of sp³-hybridized carbons (Fsp3) is 0.515. The van der Waals surface area contributed by atoms with E-state index in [0.29, 0.717) is 57.8 Å². The first-order valence-corrected chi connectivity index (χ1v) is 17.3. The van der Waals surface area contributed by atoms with Gasteiger partial charge in [0.15, 0.2) is 0 Å². The van der Waals surface area contributed by atoms with E-state index in [4.69, 9.17) is 27.5 Å². The highest BCUT2D eigenvalue weighted by Crippen LogP contribution is 2.29. The van der Waals surface area contributed by atoms with Crippen LogP contribution in [0.1, 0.15) is 58.4 Å². The molecule has 0 aliphatic heterocycles. The minimum absolute atomic E-state index is 0.386. The number of hydrogen-bond donors (Lipinski definition) is 1. The molecular formula is C33H49NO9Si. The Balaban J connectivity index is 1.61. The van der Waals surface area contributed by atoms with Gasteiger partial charge >= 0.3 is 20.9 Å². The summed E-state index contributed by atoms with van der Waals surface area (Å²) in [6.07, 6.45) is 6.98. The summed E-state index contributed by atoms with van der Waals surface area (Å²) in [5.74, 6) is 1.05. The highest BCUT2D eigenvalue weighted by atomic mass is 28.4. The number of esters is 1. The fourth-order valence-electron chi connectivity index (χ4n) is 4.46. The van der Waals surface area contributed by atoms with Crippen LogP contribution in [-0.4, -0.2) is 74.7 Å². The normalized spacial score (nSPS) is 11.4. The predicted octanol–water partition coefficient (Wildman–Crippen LogP) is 6.65. The number of amides is 1. The molecule has 0 heterocycles. The second-order valence-corrected chi connectivity index (χ2v) is 12.5. The summed E-state index contributed by atoms with van der Waals surface area (Å²) < 4.78 is 38.8. The number of ether oxygens (including phenoxy) is 4. The molecule has 0 saturated carbocycles. The van der Waals surface area contributed by atoms with Crippen molar-refractivity contribution in [3.8, 4) is 22.6 Å². The number of rotatable bonds is 22. The minimum Gasteiger partial charge on any atom is -0.496 e. The molecule has 0 aliphatic carbocycles. The van der Waals surface area contributed by atoms with Crippen LogP contribution in [0, 0.1) is 0 Å². The highest BCUT2D eigenvalue weighted by Gasteiger charge is 2.39. The molecule has 0 fully saturated rings. The molecule has 2 aromatic rings. The minimum atomic E-state index is -2.68. The maximum absolute atomic E-state index is 12.0. The van der Waals surface area contributed by atoms with Crippen LogP contribution in [0.3, 0.4) is 0 Å². The third kappa shape index (κ3) is 13.5. The molecule has 0 radical (unpaired) electrons. The highest BCUT2D eigenvalue weighted by molar-refractivity contribution is 6.60. The number of alkyl carbamates (subject to hydrolysis) is 1. The van der Waals surface area contributed by atoms with Gasteiger partial charge in [0.1, 0.15) is 11.5 Å². The standard InChI is InChI=1S/C33H49NO9Si/c1-6-41-44(42-7-2,43-8-3)25-13-22-34-33(36)40-24-12-10-9-11-23-39-30-19-16-27(17-20-30)29-15-14-28(31(26-29)37-4)18-21-32(35)38-5/h14-21,26H,6-13,22-25H2,1-5H3,(H,34,36). The van der Waals surface area contributed by atoms with Crippen molar-refractivity contribution in [2.75, 3.05) is 53.8 Å². The van der Waals surface area contributed by atoms with Gasteiger partial charge in [0, 0.05) is 44.0 Å². The van der Waals surface area contributed by atoms with E-state index in [1.54, 1.807) is 13.2 Å². The van der Waals surface area contributed by atoms with Crippen LogP contribution in [0.5, 0.6) is 11.5 Å². The summed E-state index contributed by atoms with van der Waals surface area (Å²) >= 11 is 0. The third-order valence-corrected chi connectivity index (χ3v) is 9.74. The van der Waals surface area contributed by atoms with Gasteiger partial charge in [-0.25, -0.2) is 9.59 Å². The number of benzene rings is 2. The summed E-state index contributed by atoms with van der Waals surface area (Å²) in [6, 6.07) is 14.4. The largest absolute Gasteiger partial charge is 0.500 e. The van der Waals surface area contributed by atoms with Crippen molar-refractivity contribution in [1.82, 2.24) is 5.32 Å². The second kappa shape index (κ2) is 21.3. The van der Waals surface area contributed by atoms with Crippen LogP contribution < -0.4 is 14.8 Å². The Labute approximate surface area is 263 Å². The van der Waals surface area contributed by atoms with Gasteiger partial charge in [-0.2, -0.15) is 0 Å². The lowest BCUT2D eigenvalue weighted by Gasteiger charge is -2.28. The lowest BCUT2D eigenvalue weighted by Crippen LogP contribution is -2.46. The Morgan fingerprint density at radius 3 is 2.05 bits per heavy atom. The van der Waals surface area contributed by atoms with Crippen molar-refractivity contribution in [2.24, 2.45) is 0 Å². The van der Waals surface area contributed by atoms with Crippen molar-refractivity contribution in [2.45, 2.75) is 58.9 Å². The maximum Gasteiger partial charge on any atom is 0.500 e. The summed E-state index contributed by atoms with van der Waals surface area (Å²) in [4.78, 5) is 23.4. The van der Waals surface area contributed by atoms with E-state index in [2.05, 4.69) is 10.1 Å². The summed E-state index contributed by atoms with van der Waals surface area (Å²) in [5.41, 5.74) is 2.81. The number of nitrogens with one attached hydrogen (secondary N) is 1. The van der Waals surface area contributed by atoms with Crippen molar-refractivity contribution in [3.63, 3.8) is 0 Å². The van der Waals surface area contributed by atoms with Crippen LogP contribution >= 0.6 is 0 Å². The van der Waals surface area contributed by atoms with Gasteiger partial charge in [-0.1, -0.05) is 24.3 Å². The fourth-order valence-corrected chi connectivity index (χ4v) is 7.07. The average molecular weight is 632 g/mol. The number of methoxy groups -OCH3 is 2. The van der Waals surface area contributed by atoms with E-state index < -0.39 is 20.9 Å². The van der Waals surface area contributed by atoms with E-state index in [0.717, 1.165) is 48.1 Å². The Hall–Kier alpha value is -3.38. The van der Waals surface area contributed by atoms with Crippen molar-refractivity contribution in [3.05, 3.63) is 54.1 Å². The Morgan fingerprint density at radius 1 is 0.795 bits per heavy atom.